The highest BCUT2D eigenvalue weighted by molar-refractivity contribution is 7.11. The highest BCUT2D eigenvalue weighted by Gasteiger charge is 2.11. The van der Waals surface area contributed by atoms with E-state index in [1.807, 2.05) is 44.2 Å². The number of thiazole rings is 1. The van der Waals surface area contributed by atoms with Crippen LogP contribution in [0, 0.1) is 13.8 Å². The molecule has 1 aromatic carbocycles. The number of benzene rings is 1. The van der Waals surface area contributed by atoms with Crippen molar-refractivity contribution in [2.24, 2.45) is 0 Å². The molecule has 0 amide bonds. The molecule has 3 rings (SSSR count). The fourth-order valence-corrected chi connectivity index (χ4v) is 3.42. The number of hydrogen-bond acceptors (Lipinski definition) is 5. The summed E-state index contributed by atoms with van der Waals surface area (Å²) in [5.41, 5.74) is 2.17. The normalized spacial score (nSPS) is 10.8. The minimum absolute atomic E-state index is 0.144. The first-order valence-corrected chi connectivity index (χ1v) is 8.70. The Morgan fingerprint density at radius 1 is 1.25 bits per heavy atom. The van der Waals surface area contributed by atoms with Crippen LogP contribution in [0.2, 0.25) is 5.02 Å². The average Bonchev–Trinajstić information content (AvgIpc) is 2.90. The van der Waals surface area contributed by atoms with E-state index < -0.39 is 0 Å². The standard InChI is InChI=1S/C17H17ClN4OS/c1-11-14(21-12(2)24-11)8-19-15-9-20-22(17(23)16(15)18)10-13-6-4-3-5-7-13/h3-7,9,19H,8,10H2,1-2H3. The summed E-state index contributed by atoms with van der Waals surface area (Å²) in [6, 6.07) is 9.68. The van der Waals surface area contributed by atoms with Crippen molar-refractivity contribution in [3.05, 3.63) is 73.0 Å². The molecule has 0 saturated heterocycles. The molecule has 0 unspecified atom stereocenters. The number of nitrogens with zero attached hydrogens (tertiary/aromatic N) is 3. The molecule has 0 spiro atoms. The van der Waals surface area contributed by atoms with E-state index in [4.69, 9.17) is 11.6 Å². The molecule has 24 heavy (non-hydrogen) atoms. The van der Waals surface area contributed by atoms with Crippen molar-refractivity contribution in [3.63, 3.8) is 0 Å². The third-order valence-corrected chi connectivity index (χ3v) is 4.90. The van der Waals surface area contributed by atoms with Gasteiger partial charge in [-0.15, -0.1) is 11.3 Å². The number of rotatable bonds is 5. The zero-order chi connectivity index (χ0) is 17.1. The molecule has 5 nitrogen and oxygen atoms in total. The molecule has 2 aromatic heterocycles. The van der Waals surface area contributed by atoms with Crippen molar-refractivity contribution in [1.82, 2.24) is 14.8 Å². The van der Waals surface area contributed by atoms with Gasteiger partial charge in [-0.1, -0.05) is 41.9 Å². The number of hydrogen-bond donors (Lipinski definition) is 1. The molecule has 124 valence electrons. The fourth-order valence-electron chi connectivity index (χ4n) is 2.37. The van der Waals surface area contributed by atoms with Crippen LogP contribution in [0.3, 0.4) is 0 Å². The van der Waals surface area contributed by atoms with Crippen LogP contribution in [0.5, 0.6) is 0 Å². The Balaban J connectivity index is 1.77. The van der Waals surface area contributed by atoms with Crippen LogP contribution in [-0.2, 0) is 13.1 Å². The van der Waals surface area contributed by atoms with Gasteiger partial charge in [-0.25, -0.2) is 9.67 Å². The molecule has 2 heterocycles. The topological polar surface area (TPSA) is 59.8 Å². The van der Waals surface area contributed by atoms with E-state index in [-0.39, 0.29) is 10.6 Å². The Bertz CT molecular complexity index is 905. The van der Waals surface area contributed by atoms with Crippen molar-refractivity contribution in [2.45, 2.75) is 26.9 Å². The number of aryl methyl sites for hydroxylation is 2. The molecule has 7 heteroatoms. The van der Waals surface area contributed by atoms with Crippen molar-refractivity contribution in [3.8, 4) is 0 Å². The van der Waals surface area contributed by atoms with E-state index in [2.05, 4.69) is 15.4 Å². The predicted molar refractivity (Wildman–Crippen MR) is 98.0 cm³/mol. The molecule has 0 aliphatic heterocycles. The van der Waals surface area contributed by atoms with E-state index in [0.717, 1.165) is 21.1 Å². The summed E-state index contributed by atoms with van der Waals surface area (Å²) in [4.78, 5) is 18.0. The van der Waals surface area contributed by atoms with Gasteiger partial charge in [-0.2, -0.15) is 5.10 Å². The Labute approximate surface area is 148 Å². The molecular weight excluding hydrogens is 344 g/mol. The van der Waals surface area contributed by atoms with Gasteiger partial charge >= 0.3 is 0 Å². The van der Waals surface area contributed by atoms with Crippen molar-refractivity contribution < 1.29 is 0 Å². The Kier molecular flexibility index (Phi) is 4.97. The van der Waals surface area contributed by atoms with Gasteiger partial charge in [-0.3, -0.25) is 4.79 Å². The van der Waals surface area contributed by atoms with Crippen LogP contribution in [0.1, 0.15) is 21.1 Å². The van der Waals surface area contributed by atoms with Crippen LogP contribution in [-0.4, -0.2) is 14.8 Å². The Morgan fingerprint density at radius 2 is 2.00 bits per heavy atom. The first-order chi connectivity index (χ1) is 11.5. The van der Waals surface area contributed by atoms with Crippen LogP contribution >= 0.6 is 22.9 Å². The number of halogens is 1. The van der Waals surface area contributed by atoms with Gasteiger partial charge in [0.25, 0.3) is 5.56 Å². The molecule has 1 N–H and O–H groups in total. The lowest BCUT2D eigenvalue weighted by molar-refractivity contribution is 0.640. The summed E-state index contributed by atoms with van der Waals surface area (Å²) >= 11 is 7.87. The molecule has 0 bridgehead atoms. The molecule has 0 aliphatic rings. The lowest BCUT2D eigenvalue weighted by Gasteiger charge is -2.10. The van der Waals surface area contributed by atoms with E-state index in [9.17, 15) is 4.79 Å². The van der Waals surface area contributed by atoms with Crippen molar-refractivity contribution in [1.29, 1.82) is 0 Å². The highest BCUT2D eigenvalue weighted by Crippen LogP contribution is 2.20. The van der Waals surface area contributed by atoms with Gasteiger partial charge in [0.2, 0.25) is 0 Å². The molecule has 0 atom stereocenters. The summed E-state index contributed by atoms with van der Waals surface area (Å²) in [7, 11) is 0. The van der Waals surface area contributed by atoms with Gasteiger partial charge in [0.1, 0.15) is 5.02 Å². The third-order valence-electron chi connectivity index (χ3n) is 3.61. The van der Waals surface area contributed by atoms with E-state index in [1.165, 1.54) is 4.68 Å². The predicted octanol–water partition coefficient (Wildman–Crippen LogP) is 3.63. The first kappa shape index (κ1) is 16.7. The Hall–Kier alpha value is -2.18. The smallest absolute Gasteiger partial charge is 0.287 e. The lowest BCUT2D eigenvalue weighted by atomic mass is 10.2. The second-order valence-corrected chi connectivity index (χ2v) is 7.20. The van der Waals surface area contributed by atoms with Gasteiger partial charge < -0.3 is 5.32 Å². The second-order valence-electron chi connectivity index (χ2n) is 5.41. The van der Waals surface area contributed by atoms with E-state index >= 15 is 0 Å². The van der Waals surface area contributed by atoms with Crippen LogP contribution in [0.4, 0.5) is 5.69 Å². The number of aromatic nitrogens is 3. The van der Waals surface area contributed by atoms with Gasteiger partial charge in [0, 0.05) is 4.88 Å². The molecule has 0 radical (unpaired) electrons. The van der Waals surface area contributed by atoms with E-state index in [0.29, 0.717) is 18.8 Å². The zero-order valence-corrected chi connectivity index (χ0v) is 15.0. The lowest BCUT2D eigenvalue weighted by Crippen LogP contribution is -2.24. The summed E-state index contributed by atoms with van der Waals surface area (Å²) in [5, 5.41) is 8.53. The molecule has 0 saturated carbocycles. The van der Waals surface area contributed by atoms with Crippen molar-refractivity contribution in [2.75, 3.05) is 5.32 Å². The van der Waals surface area contributed by atoms with Crippen molar-refractivity contribution >= 4 is 28.6 Å². The molecule has 3 aromatic rings. The average molecular weight is 361 g/mol. The maximum Gasteiger partial charge on any atom is 0.287 e. The van der Waals surface area contributed by atoms with Gasteiger partial charge in [0.05, 0.1) is 35.7 Å². The third kappa shape index (κ3) is 3.66. The second kappa shape index (κ2) is 7.15. The molecular formula is C17H17ClN4OS. The van der Waals surface area contributed by atoms with Gasteiger partial charge in [0.15, 0.2) is 0 Å². The molecule has 0 aliphatic carbocycles. The maximum atomic E-state index is 12.4. The minimum Gasteiger partial charge on any atom is -0.377 e. The fraction of sp³-hybridized carbons (Fsp3) is 0.235. The molecule has 0 fully saturated rings. The minimum atomic E-state index is -0.309. The van der Waals surface area contributed by atoms with E-state index in [1.54, 1.807) is 17.5 Å². The monoisotopic (exact) mass is 360 g/mol. The Morgan fingerprint density at radius 3 is 2.67 bits per heavy atom. The zero-order valence-electron chi connectivity index (χ0n) is 13.4. The SMILES string of the molecule is Cc1nc(CNc2cnn(Cc3ccccc3)c(=O)c2Cl)c(C)s1. The maximum absolute atomic E-state index is 12.4. The quantitative estimate of drug-likeness (QED) is 0.754. The van der Waals surface area contributed by atoms with Crippen LogP contribution < -0.4 is 10.9 Å². The van der Waals surface area contributed by atoms with Crippen LogP contribution in [0.25, 0.3) is 0 Å². The van der Waals surface area contributed by atoms with Gasteiger partial charge in [-0.05, 0) is 19.4 Å². The summed E-state index contributed by atoms with van der Waals surface area (Å²) in [6.07, 6.45) is 1.58. The summed E-state index contributed by atoms with van der Waals surface area (Å²) < 4.78 is 1.36. The highest BCUT2D eigenvalue weighted by atomic mass is 35.5. The summed E-state index contributed by atoms with van der Waals surface area (Å²) in [5.74, 6) is 0. The number of anilines is 1. The first-order valence-electron chi connectivity index (χ1n) is 7.51. The number of nitrogens with one attached hydrogen (secondary N) is 1. The van der Waals surface area contributed by atoms with Crippen LogP contribution in [0.15, 0.2) is 41.3 Å². The summed E-state index contributed by atoms with van der Waals surface area (Å²) in [6.45, 7) is 4.91. The largest absolute Gasteiger partial charge is 0.377 e.